The van der Waals surface area contributed by atoms with Gasteiger partial charge in [-0.3, -0.25) is 9.97 Å². The Labute approximate surface area is 89.0 Å². The summed E-state index contributed by atoms with van der Waals surface area (Å²) in [5, 5.41) is 0. The van der Waals surface area contributed by atoms with E-state index in [4.69, 9.17) is 5.73 Å². The summed E-state index contributed by atoms with van der Waals surface area (Å²) in [5.74, 6) is 0. The molecule has 2 rings (SSSR count). The topological polar surface area (TPSA) is 51.8 Å². The second-order valence-corrected chi connectivity index (χ2v) is 3.68. The largest absolute Gasteiger partial charge is 0.318 e. The van der Waals surface area contributed by atoms with Gasteiger partial charge in [0.15, 0.2) is 0 Å². The summed E-state index contributed by atoms with van der Waals surface area (Å²) in [6.07, 6.45) is 7.03. The van der Waals surface area contributed by atoms with E-state index in [1.165, 1.54) is 0 Å². The second-order valence-electron chi connectivity index (χ2n) is 3.68. The minimum absolute atomic E-state index is 0.517. The monoisotopic (exact) mass is 199 g/mol. The highest BCUT2D eigenvalue weighted by Gasteiger charge is 2.23. The average Bonchev–Trinajstić information content (AvgIpc) is 2.31. The van der Waals surface area contributed by atoms with Crippen molar-refractivity contribution < 1.29 is 0 Å². The first kappa shape index (κ1) is 9.80. The lowest BCUT2D eigenvalue weighted by atomic mass is 9.87. The first-order valence-electron chi connectivity index (χ1n) is 4.81. The molecule has 0 radical (unpaired) electrons. The Kier molecular flexibility index (Phi) is 2.47. The molecule has 3 nitrogen and oxygen atoms in total. The maximum Gasteiger partial charge on any atom is 0.0653 e. The summed E-state index contributed by atoms with van der Waals surface area (Å²) >= 11 is 0. The van der Waals surface area contributed by atoms with E-state index in [0.29, 0.717) is 0 Å². The van der Waals surface area contributed by atoms with Crippen LogP contribution in [-0.4, -0.2) is 9.97 Å². The molecular weight excluding hydrogens is 186 g/mol. The highest BCUT2D eigenvalue weighted by Crippen LogP contribution is 2.24. The zero-order valence-electron chi connectivity index (χ0n) is 8.59. The highest BCUT2D eigenvalue weighted by atomic mass is 14.8. The van der Waals surface area contributed by atoms with Crippen LogP contribution in [0.2, 0.25) is 0 Å². The van der Waals surface area contributed by atoms with Crippen LogP contribution in [0, 0.1) is 0 Å². The predicted molar refractivity (Wildman–Crippen MR) is 59.1 cm³/mol. The third-order valence-corrected chi connectivity index (χ3v) is 2.54. The van der Waals surface area contributed by atoms with Crippen molar-refractivity contribution in [2.75, 3.05) is 0 Å². The van der Waals surface area contributed by atoms with Crippen molar-refractivity contribution >= 4 is 0 Å². The van der Waals surface area contributed by atoms with Crippen molar-refractivity contribution in [1.29, 1.82) is 0 Å². The highest BCUT2D eigenvalue weighted by molar-refractivity contribution is 5.33. The van der Waals surface area contributed by atoms with Crippen LogP contribution in [0.25, 0.3) is 0 Å². The molecular formula is C12H13N3. The summed E-state index contributed by atoms with van der Waals surface area (Å²) in [6, 6.07) is 7.72. The SMILES string of the molecule is CC(N)(c1ccncc1)c1cccnc1. The molecule has 0 bridgehead atoms. The van der Waals surface area contributed by atoms with Gasteiger partial charge in [-0.2, -0.15) is 0 Å². The lowest BCUT2D eigenvalue weighted by Gasteiger charge is -2.25. The van der Waals surface area contributed by atoms with Crippen LogP contribution in [0.15, 0.2) is 49.1 Å². The Morgan fingerprint density at radius 1 is 1.00 bits per heavy atom. The minimum Gasteiger partial charge on any atom is -0.318 e. The third-order valence-electron chi connectivity index (χ3n) is 2.54. The van der Waals surface area contributed by atoms with Crippen molar-refractivity contribution in [2.45, 2.75) is 12.5 Å². The van der Waals surface area contributed by atoms with Crippen molar-refractivity contribution in [1.82, 2.24) is 9.97 Å². The van der Waals surface area contributed by atoms with Crippen LogP contribution >= 0.6 is 0 Å². The Morgan fingerprint density at radius 2 is 1.73 bits per heavy atom. The maximum atomic E-state index is 6.29. The van der Waals surface area contributed by atoms with E-state index in [1.54, 1.807) is 24.8 Å². The summed E-state index contributed by atoms with van der Waals surface area (Å²) in [7, 11) is 0. The molecule has 0 aliphatic heterocycles. The van der Waals surface area contributed by atoms with Crippen LogP contribution in [0.3, 0.4) is 0 Å². The molecule has 0 saturated carbocycles. The number of hydrogen-bond donors (Lipinski definition) is 1. The molecule has 1 unspecified atom stereocenters. The van der Waals surface area contributed by atoms with Crippen LogP contribution in [0.4, 0.5) is 0 Å². The molecule has 2 heterocycles. The van der Waals surface area contributed by atoms with Crippen LogP contribution in [0.5, 0.6) is 0 Å². The van der Waals surface area contributed by atoms with Gasteiger partial charge in [-0.05, 0) is 36.2 Å². The van der Waals surface area contributed by atoms with E-state index in [9.17, 15) is 0 Å². The van der Waals surface area contributed by atoms with Gasteiger partial charge in [0.2, 0.25) is 0 Å². The number of rotatable bonds is 2. The van der Waals surface area contributed by atoms with Crippen molar-refractivity contribution in [3.8, 4) is 0 Å². The Morgan fingerprint density at radius 3 is 2.33 bits per heavy atom. The van der Waals surface area contributed by atoms with Crippen molar-refractivity contribution in [2.24, 2.45) is 5.73 Å². The maximum absolute atomic E-state index is 6.29. The van der Waals surface area contributed by atoms with Crippen molar-refractivity contribution in [3.05, 3.63) is 60.2 Å². The quantitative estimate of drug-likeness (QED) is 0.800. The standard InChI is InChI=1S/C12H13N3/c1-12(13,10-4-7-14-8-5-10)11-3-2-6-15-9-11/h2-9H,13H2,1H3. The molecule has 2 aromatic heterocycles. The number of nitrogens with two attached hydrogens (primary N) is 1. The van der Waals surface area contributed by atoms with Crippen molar-refractivity contribution in [3.63, 3.8) is 0 Å². The van der Waals surface area contributed by atoms with Gasteiger partial charge in [0.1, 0.15) is 0 Å². The first-order valence-corrected chi connectivity index (χ1v) is 4.81. The molecule has 76 valence electrons. The normalized spacial score (nSPS) is 14.5. The number of nitrogens with zero attached hydrogens (tertiary/aromatic N) is 2. The van der Waals surface area contributed by atoms with E-state index < -0.39 is 5.54 Å². The summed E-state index contributed by atoms with van der Waals surface area (Å²) in [6.45, 7) is 1.97. The smallest absolute Gasteiger partial charge is 0.0653 e. The van der Waals surface area contributed by atoms with E-state index >= 15 is 0 Å². The fourth-order valence-corrected chi connectivity index (χ4v) is 1.53. The molecule has 2 aromatic rings. The van der Waals surface area contributed by atoms with E-state index in [-0.39, 0.29) is 0 Å². The molecule has 3 heteroatoms. The summed E-state index contributed by atoms with van der Waals surface area (Å²) < 4.78 is 0. The Hall–Kier alpha value is -1.74. The molecule has 1 atom stereocenters. The second kappa shape index (κ2) is 3.79. The molecule has 2 N–H and O–H groups in total. The summed E-state index contributed by atoms with van der Waals surface area (Å²) in [4.78, 5) is 8.06. The minimum atomic E-state index is -0.517. The zero-order valence-corrected chi connectivity index (χ0v) is 8.59. The number of hydrogen-bond acceptors (Lipinski definition) is 3. The third kappa shape index (κ3) is 1.87. The number of pyridine rings is 2. The Balaban J connectivity index is 2.44. The predicted octanol–water partition coefficient (Wildman–Crippen LogP) is 1.70. The van der Waals surface area contributed by atoms with Gasteiger partial charge >= 0.3 is 0 Å². The molecule has 0 aromatic carbocycles. The summed E-state index contributed by atoms with van der Waals surface area (Å²) in [5.41, 5.74) is 7.80. The zero-order chi connectivity index (χ0) is 10.7. The Bertz CT molecular complexity index is 382. The fourth-order valence-electron chi connectivity index (χ4n) is 1.53. The molecule has 0 fully saturated rings. The van der Waals surface area contributed by atoms with E-state index in [2.05, 4.69) is 9.97 Å². The molecule has 0 spiro atoms. The van der Waals surface area contributed by atoms with Gasteiger partial charge in [-0.25, -0.2) is 0 Å². The average molecular weight is 199 g/mol. The lowest BCUT2D eigenvalue weighted by molar-refractivity contribution is 0.599. The molecule has 0 saturated heterocycles. The van der Waals surface area contributed by atoms with E-state index in [1.807, 2.05) is 31.2 Å². The molecule has 0 aliphatic carbocycles. The van der Waals surface area contributed by atoms with Crippen LogP contribution in [-0.2, 0) is 5.54 Å². The van der Waals surface area contributed by atoms with Gasteiger partial charge < -0.3 is 5.73 Å². The molecule has 15 heavy (non-hydrogen) atoms. The fraction of sp³-hybridized carbons (Fsp3) is 0.167. The van der Waals surface area contributed by atoms with Gasteiger partial charge in [-0.15, -0.1) is 0 Å². The van der Waals surface area contributed by atoms with Crippen LogP contribution < -0.4 is 5.73 Å². The van der Waals surface area contributed by atoms with Gasteiger partial charge in [0.05, 0.1) is 5.54 Å². The number of aromatic nitrogens is 2. The van der Waals surface area contributed by atoms with Gasteiger partial charge in [0, 0.05) is 24.8 Å². The van der Waals surface area contributed by atoms with Gasteiger partial charge in [-0.1, -0.05) is 6.07 Å². The van der Waals surface area contributed by atoms with Crippen LogP contribution in [0.1, 0.15) is 18.1 Å². The first-order chi connectivity index (χ1) is 7.21. The molecule has 0 aliphatic rings. The van der Waals surface area contributed by atoms with Gasteiger partial charge in [0.25, 0.3) is 0 Å². The van der Waals surface area contributed by atoms with E-state index in [0.717, 1.165) is 11.1 Å². The lowest BCUT2D eigenvalue weighted by Crippen LogP contribution is -2.34. The molecule has 0 amide bonds.